The zero-order valence-corrected chi connectivity index (χ0v) is 14.8. The largest absolute Gasteiger partial charge is 0.329 e. The van der Waals surface area contributed by atoms with E-state index in [2.05, 4.69) is 4.98 Å². The van der Waals surface area contributed by atoms with Gasteiger partial charge in [-0.1, -0.05) is 30.3 Å². The number of rotatable bonds is 4. The molecule has 27 heavy (non-hydrogen) atoms. The number of pyridine rings is 1. The molecule has 2 aliphatic rings. The van der Waals surface area contributed by atoms with Gasteiger partial charge in [0.2, 0.25) is 0 Å². The van der Waals surface area contributed by atoms with E-state index in [-0.39, 0.29) is 6.03 Å². The highest BCUT2D eigenvalue weighted by atomic mass is 16.2. The number of fused-ring (bicyclic) bond motifs is 1. The van der Waals surface area contributed by atoms with E-state index in [1.807, 2.05) is 42.5 Å². The standard InChI is InChI=1S/C22H19N3O2/c26-14-19-17-4-2-1-3-15(17)7-8-20(19)24-11-12-25(22(24)27)21-13-23-10-9-18(21)16-5-6-16/h1-4,7-10,13-14,16H,5-6,11-12H2. The highest BCUT2D eigenvalue weighted by Crippen LogP contribution is 2.44. The normalized spacial score (nSPS) is 17.0. The van der Waals surface area contributed by atoms with Crippen LogP contribution in [0.15, 0.2) is 54.9 Å². The van der Waals surface area contributed by atoms with Crippen molar-refractivity contribution in [3.8, 4) is 0 Å². The van der Waals surface area contributed by atoms with Crippen LogP contribution in [-0.4, -0.2) is 30.4 Å². The molecule has 0 bridgehead atoms. The highest BCUT2D eigenvalue weighted by Gasteiger charge is 2.36. The lowest BCUT2D eigenvalue weighted by Crippen LogP contribution is -2.32. The van der Waals surface area contributed by atoms with Crippen LogP contribution in [0.5, 0.6) is 0 Å². The van der Waals surface area contributed by atoms with E-state index < -0.39 is 0 Å². The van der Waals surface area contributed by atoms with Gasteiger partial charge in [0.15, 0.2) is 6.29 Å². The average molecular weight is 357 g/mol. The molecule has 0 radical (unpaired) electrons. The molecule has 1 aliphatic carbocycles. The van der Waals surface area contributed by atoms with Gasteiger partial charge in [-0.05, 0) is 47.2 Å². The Kier molecular flexibility index (Phi) is 3.67. The van der Waals surface area contributed by atoms with Crippen LogP contribution in [-0.2, 0) is 0 Å². The van der Waals surface area contributed by atoms with Crippen molar-refractivity contribution in [2.24, 2.45) is 0 Å². The lowest BCUT2D eigenvalue weighted by molar-refractivity contribution is 0.112. The van der Waals surface area contributed by atoms with Crippen LogP contribution in [0.1, 0.15) is 34.7 Å². The molecule has 0 atom stereocenters. The summed E-state index contributed by atoms with van der Waals surface area (Å²) in [5, 5.41) is 1.87. The molecular weight excluding hydrogens is 338 g/mol. The van der Waals surface area contributed by atoms with Gasteiger partial charge in [0, 0.05) is 24.8 Å². The number of anilines is 2. The third kappa shape index (κ3) is 2.58. The van der Waals surface area contributed by atoms with Crippen molar-refractivity contribution in [1.29, 1.82) is 0 Å². The Bertz CT molecular complexity index is 1060. The summed E-state index contributed by atoms with van der Waals surface area (Å²) in [6.07, 6.45) is 6.78. The Hall–Kier alpha value is -3.21. The highest BCUT2D eigenvalue weighted by molar-refractivity contribution is 6.12. The Morgan fingerprint density at radius 1 is 0.963 bits per heavy atom. The molecule has 5 heteroatoms. The maximum Gasteiger partial charge on any atom is 0.329 e. The third-order valence-corrected chi connectivity index (χ3v) is 5.51. The van der Waals surface area contributed by atoms with Gasteiger partial charge < -0.3 is 0 Å². The first kappa shape index (κ1) is 16.0. The van der Waals surface area contributed by atoms with Gasteiger partial charge in [0.05, 0.1) is 17.6 Å². The van der Waals surface area contributed by atoms with Crippen molar-refractivity contribution in [2.45, 2.75) is 18.8 Å². The second-order valence-corrected chi connectivity index (χ2v) is 7.13. The summed E-state index contributed by atoms with van der Waals surface area (Å²) in [6, 6.07) is 13.5. The van der Waals surface area contributed by atoms with E-state index in [1.54, 1.807) is 22.2 Å². The molecular formula is C22H19N3O2. The van der Waals surface area contributed by atoms with Crippen LogP contribution >= 0.6 is 0 Å². The molecule has 1 saturated carbocycles. The second kappa shape index (κ2) is 6.20. The number of hydrogen-bond acceptors (Lipinski definition) is 3. The Morgan fingerprint density at radius 3 is 2.52 bits per heavy atom. The van der Waals surface area contributed by atoms with Crippen LogP contribution in [0.4, 0.5) is 16.2 Å². The first-order valence-electron chi connectivity index (χ1n) is 9.28. The molecule has 1 aromatic heterocycles. The zero-order chi connectivity index (χ0) is 18.4. The number of carbonyl (C=O) groups is 2. The maximum atomic E-state index is 13.2. The number of hydrogen-bond donors (Lipinski definition) is 0. The lowest BCUT2D eigenvalue weighted by atomic mass is 10.0. The Balaban J connectivity index is 1.54. The number of aldehydes is 1. The van der Waals surface area contributed by atoms with Crippen LogP contribution in [0.2, 0.25) is 0 Å². The summed E-state index contributed by atoms with van der Waals surface area (Å²) in [5.41, 5.74) is 3.35. The van der Waals surface area contributed by atoms with E-state index >= 15 is 0 Å². The monoisotopic (exact) mass is 357 g/mol. The molecule has 5 rings (SSSR count). The van der Waals surface area contributed by atoms with Crippen molar-refractivity contribution < 1.29 is 9.59 Å². The van der Waals surface area contributed by atoms with Gasteiger partial charge in [-0.15, -0.1) is 0 Å². The molecule has 1 aliphatic heterocycles. The van der Waals surface area contributed by atoms with E-state index in [0.29, 0.717) is 30.3 Å². The van der Waals surface area contributed by atoms with Gasteiger partial charge in [-0.3, -0.25) is 19.6 Å². The molecule has 2 fully saturated rings. The molecule has 3 aromatic rings. The van der Waals surface area contributed by atoms with Crippen LogP contribution in [0.25, 0.3) is 10.8 Å². The van der Waals surface area contributed by atoms with Gasteiger partial charge in [0.1, 0.15) is 0 Å². The van der Waals surface area contributed by atoms with Crippen molar-refractivity contribution in [3.05, 3.63) is 66.0 Å². The topological polar surface area (TPSA) is 53.5 Å². The van der Waals surface area contributed by atoms with E-state index in [0.717, 1.165) is 22.7 Å². The number of amides is 2. The fraction of sp³-hybridized carbons (Fsp3) is 0.227. The van der Waals surface area contributed by atoms with Crippen molar-refractivity contribution >= 4 is 34.5 Å². The maximum absolute atomic E-state index is 13.2. The molecule has 0 spiro atoms. The zero-order valence-electron chi connectivity index (χ0n) is 14.8. The minimum Gasteiger partial charge on any atom is -0.298 e. The summed E-state index contributed by atoms with van der Waals surface area (Å²) in [6.45, 7) is 1.15. The SMILES string of the molecule is O=Cc1c(N2CCN(c3cnccc3C3CC3)C2=O)ccc2ccccc12. The quantitative estimate of drug-likeness (QED) is 0.652. The summed E-state index contributed by atoms with van der Waals surface area (Å²) >= 11 is 0. The van der Waals surface area contributed by atoms with Crippen LogP contribution in [0.3, 0.4) is 0 Å². The fourth-order valence-electron chi connectivity index (χ4n) is 3.99. The molecule has 0 N–H and O–H groups in total. The minimum absolute atomic E-state index is 0.0942. The number of nitrogens with zero attached hydrogens (tertiary/aromatic N) is 3. The predicted octanol–water partition coefficient (Wildman–Crippen LogP) is 4.37. The summed E-state index contributed by atoms with van der Waals surface area (Å²) < 4.78 is 0. The van der Waals surface area contributed by atoms with Crippen molar-refractivity contribution in [2.75, 3.05) is 22.9 Å². The molecule has 2 heterocycles. The van der Waals surface area contributed by atoms with Crippen LogP contribution in [0, 0.1) is 0 Å². The smallest absolute Gasteiger partial charge is 0.298 e. The van der Waals surface area contributed by atoms with E-state index in [9.17, 15) is 9.59 Å². The summed E-state index contributed by atoms with van der Waals surface area (Å²) in [7, 11) is 0. The first-order chi connectivity index (χ1) is 13.3. The predicted molar refractivity (Wildman–Crippen MR) is 106 cm³/mol. The number of benzene rings is 2. The van der Waals surface area contributed by atoms with E-state index in [1.165, 1.54) is 18.4 Å². The van der Waals surface area contributed by atoms with Crippen molar-refractivity contribution in [1.82, 2.24) is 4.98 Å². The van der Waals surface area contributed by atoms with E-state index in [4.69, 9.17) is 0 Å². The van der Waals surface area contributed by atoms with Crippen LogP contribution < -0.4 is 9.80 Å². The number of carbonyl (C=O) groups excluding carboxylic acids is 2. The first-order valence-corrected chi connectivity index (χ1v) is 9.28. The van der Waals surface area contributed by atoms with Gasteiger partial charge >= 0.3 is 6.03 Å². The molecule has 5 nitrogen and oxygen atoms in total. The molecule has 0 unspecified atom stereocenters. The second-order valence-electron chi connectivity index (χ2n) is 7.13. The number of urea groups is 1. The Labute approximate surface area is 157 Å². The minimum atomic E-state index is -0.0942. The third-order valence-electron chi connectivity index (χ3n) is 5.51. The van der Waals surface area contributed by atoms with Gasteiger partial charge in [-0.25, -0.2) is 4.79 Å². The van der Waals surface area contributed by atoms with Gasteiger partial charge in [-0.2, -0.15) is 0 Å². The summed E-state index contributed by atoms with van der Waals surface area (Å²) in [5.74, 6) is 0.538. The molecule has 2 amide bonds. The van der Waals surface area contributed by atoms with Crippen molar-refractivity contribution in [3.63, 3.8) is 0 Å². The fourth-order valence-corrected chi connectivity index (χ4v) is 3.99. The lowest BCUT2D eigenvalue weighted by Gasteiger charge is -2.22. The number of aromatic nitrogens is 1. The molecule has 2 aromatic carbocycles. The molecule has 134 valence electrons. The van der Waals surface area contributed by atoms with Gasteiger partial charge in [0.25, 0.3) is 0 Å². The summed E-state index contributed by atoms with van der Waals surface area (Å²) in [4.78, 5) is 32.8. The molecule has 1 saturated heterocycles. The Morgan fingerprint density at radius 2 is 1.74 bits per heavy atom. The average Bonchev–Trinajstić information content (AvgIpc) is 3.49.